The first kappa shape index (κ1) is 9.73. The van der Waals surface area contributed by atoms with E-state index in [-0.39, 0.29) is 0 Å². The molecule has 0 spiro atoms. The molecule has 2 rings (SSSR count). The minimum atomic E-state index is 0.868. The van der Waals surface area contributed by atoms with Crippen LogP contribution >= 0.6 is 49.9 Å². The first-order chi connectivity index (χ1) is 6.24. The number of nitrogens with two attached hydrogens (primary N) is 1. The van der Waals surface area contributed by atoms with E-state index in [0.717, 1.165) is 11.0 Å². The van der Waals surface area contributed by atoms with Gasteiger partial charge in [-0.2, -0.15) is 0 Å². The van der Waals surface area contributed by atoms with Crippen molar-refractivity contribution >= 4 is 65.6 Å². The Hall–Kier alpha value is 0.190. The molecule has 0 saturated carbocycles. The van der Waals surface area contributed by atoms with Gasteiger partial charge in [0.2, 0.25) is 0 Å². The zero-order valence-electron chi connectivity index (χ0n) is 6.68. The number of halogens is 2. The molecule has 0 atom stereocenters. The van der Waals surface area contributed by atoms with Crippen LogP contribution in [0.1, 0.15) is 5.56 Å². The van der Waals surface area contributed by atoms with E-state index in [1.807, 2.05) is 6.07 Å². The summed E-state index contributed by atoms with van der Waals surface area (Å²) in [6, 6.07) is 4.15. The van der Waals surface area contributed by atoms with Crippen LogP contribution in [0.5, 0.6) is 0 Å². The number of thiophene rings is 1. The monoisotopic (exact) mass is 367 g/mol. The van der Waals surface area contributed by atoms with Crippen molar-refractivity contribution in [2.75, 3.05) is 5.73 Å². The van der Waals surface area contributed by atoms with Crippen LogP contribution in [0.15, 0.2) is 17.5 Å². The molecule has 1 aromatic heterocycles. The fourth-order valence-electron chi connectivity index (χ4n) is 1.30. The summed E-state index contributed by atoms with van der Waals surface area (Å²) >= 11 is 7.57. The molecule has 2 N–H and O–H groups in total. The standard InChI is InChI=1S/C9H7BrINS/c10-4-6-8(11)7(12)3-5-1-2-13-9(5)6/h1-3H,4,12H2. The van der Waals surface area contributed by atoms with Gasteiger partial charge in [-0.3, -0.25) is 0 Å². The van der Waals surface area contributed by atoms with Crippen molar-refractivity contribution < 1.29 is 0 Å². The van der Waals surface area contributed by atoms with Gasteiger partial charge in [-0.25, -0.2) is 0 Å². The summed E-state index contributed by atoms with van der Waals surface area (Å²) in [6.07, 6.45) is 0. The maximum atomic E-state index is 5.90. The van der Waals surface area contributed by atoms with Crippen molar-refractivity contribution in [3.05, 3.63) is 26.6 Å². The number of anilines is 1. The predicted molar refractivity (Wildman–Crippen MR) is 71.6 cm³/mol. The summed E-state index contributed by atoms with van der Waals surface area (Å²) in [7, 11) is 0. The van der Waals surface area contributed by atoms with Crippen LogP contribution < -0.4 is 5.73 Å². The minimum absolute atomic E-state index is 0.868. The van der Waals surface area contributed by atoms with Crippen molar-refractivity contribution in [3.63, 3.8) is 0 Å². The Kier molecular flexibility index (Phi) is 2.80. The number of rotatable bonds is 1. The second-order valence-corrected chi connectivity index (χ2v) is 5.29. The van der Waals surface area contributed by atoms with Crippen molar-refractivity contribution in [3.8, 4) is 0 Å². The molecule has 0 aliphatic rings. The molecule has 68 valence electrons. The van der Waals surface area contributed by atoms with E-state index in [4.69, 9.17) is 5.73 Å². The molecule has 0 aliphatic carbocycles. The normalized spacial score (nSPS) is 10.9. The van der Waals surface area contributed by atoms with Gasteiger partial charge >= 0.3 is 0 Å². The number of hydrogen-bond donors (Lipinski definition) is 1. The fraction of sp³-hybridized carbons (Fsp3) is 0.111. The first-order valence-electron chi connectivity index (χ1n) is 3.74. The van der Waals surface area contributed by atoms with E-state index < -0.39 is 0 Å². The number of fused-ring (bicyclic) bond motifs is 1. The van der Waals surface area contributed by atoms with E-state index >= 15 is 0 Å². The predicted octanol–water partition coefficient (Wildman–Crippen LogP) is 3.98. The highest BCUT2D eigenvalue weighted by atomic mass is 127. The summed E-state index contributed by atoms with van der Waals surface area (Å²) in [6.45, 7) is 0. The van der Waals surface area contributed by atoms with Gasteiger partial charge in [0.15, 0.2) is 0 Å². The first-order valence-corrected chi connectivity index (χ1v) is 6.82. The van der Waals surface area contributed by atoms with E-state index in [9.17, 15) is 0 Å². The van der Waals surface area contributed by atoms with E-state index in [2.05, 4.69) is 50.0 Å². The highest BCUT2D eigenvalue weighted by Crippen LogP contribution is 2.33. The zero-order valence-corrected chi connectivity index (χ0v) is 11.2. The van der Waals surface area contributed by atoms with E-state index in [1.54, 1.807) is 11.3 Å². The molecule has 0 aliphatic heterocycles. The smallest absolute Gasteiger partial charge is 0.0459 e. The van der Waals surface area contributed by atoms with Crippen LogP contribution in [0.2, 0.25) is 0 Å². The van der Waals surface area contributed by atoms with E-state index in [0.29, 0.717) is 0 Å². The van der Waals surface area contributed by atoms with Gasteiger partial charge in [-0.05, 0) is 51.1 Å². The molecule has 2 aromatic rings. The zero-order chi connectivity index (χ0) is 9.42. The van der Waals surface area contributed by atoms with Crippen LogP contribution in [0.25, 0.3) is 10.1 Å². The Morgan fingerprint density at radius 2 is 2.31 bits per heavy atom. The third-order valence-electron chi connectivity index (χ3n) is 1.93. The molecular formula is C9H7BrINS. The quantitative estimate of drug-likeness (QED) is 0.460. The summed E-state index contributed by atoms with van der Waals surface area (Å²) in [5, 5.41) is 4.22. The maximum absolute atomic E-state index is 5.90. The molecule has 13 heavy (non-hydrogen) atoms. The van der Waals surface area contributed by atoms with Crippen LogP contribution in [0.4, 0.5) is 5.69 Å². The highest BCUT2D eigenvalue weighted by molar-refractivity contribution is 14.1. The van der Waals surface area contributed by atoms with Crippen LogP contribution in [-0.4, -0.2) is 0 Å². The molecule has 0 unspecified atom stereocenters. The Bertz CT molecular complexity index is 452. The van der Waals surface area contributed by atoms with Crippen LogP contribution in [-0.2, 0) is 5.33 Å². The molecule has 1 aromatic carbocycles. The largest absolute Gasteiger partial charge is 0.398 e. The van der Waals surface area contributed by atoms with Crippen molar-refractivity contribution in [2.45, 2.75) is 5.33 Å². The van der Waals surface area contributed by atoms with Gasteiger partial charge in [-0.15, -0.1) is 11.3 Å². The minimum Gasteiger partial charge on any atom is -0.398 e. The lowest BCUT2D eigenvalue weighted by Gasteiger charge is -2.05. The van der Waals surface area contributed by atoms with Crippen molar-refractivity contribution in [2.24, 2.45) is 0 Å². The lowest BCUT2D eigenvalue weighted by Crippen LogP contribution is -1.93. The average Bonchev–Trinajstić information content (AvgIpc) is 2.54. The molecule has 4 heteroatoms. The van der Waals surface area contributed by atoms with Crippen LogP contribution in [0, 0.1) is 3.57 Å². The van der Waals surface area contributed by atoms with Gasteiger partial charge in [-0.1, -0.05) is 15.9 Å². The second kappa shape index (κ2) is 3.74. The SMILES string of the molecule is Nc1cc2ccsc2c(CBr)c1I. The lowest BCUT2D eigenvalue weighted by atomic mass is 10.1. The van der Waals surface area contributed by atoms with Gasteiger partial charge < -0.3 is 5.73 Å². The molecule has 0 radical (unpaired) electrons. The summed E-state index contributed by atoms with van der Waals surface area (Å²) < 4.78 is 2.51. The average molecular weight is 368 g/mol. The topological polar surface area (TPSA) is 26.0 Å². The number of benzene rings is 1. The summed E-state index contributed by atoms with van der Waals surface area (Å²) in [5.41, 5.74) is 8.08. The number of nitrogen functional groups attached to an aromatic ring is 1. The fourth-order valence-corrected chi connectivity index (χ4v) is 4.30. The molecule has 0 amide bonds. The Labute approximate surface area is 103 Å². The Morgan fingerprint density at radius 3 is 3.00 bits per heavy atom. The van der Waals surface area contributed by atoms with Gasteiger partial charge in [0, 0.05) is 19.3 Å². The third-order valence-corrected chi connectivity index (χ3v) is 4.76. The summed E-state index contributed by atoms with van der Waals surface area (Å²) in [5.74, 6) is 0. The molecule has 0 bridgehead atoms. The van der Waals surface area contributed by atoms with Crippen molar-refractivity contribution in [1.82, 2.24) is 0 Å². The Morgan fingerprint density at radius 1 is 1.54 bits per heavy atom. The summed E-state index contributed by atoms with van der Waals surface area (Å²) in [4.78, 5) is 0. The third kappa shape index (κ3) is 1.59. The second-order valence-electron chi connectivity index (χ2n) is 2.73. The maximum Gasteiger partial charge on any atom is 0.0459 e. The molecule has 0 fully saturated rings. The number of hydrogen-bond acceptors (Lipinski definition) is 2. The molecular weight excluding hydrogens is 361 g/mol. The van der Waals surface area contributed by atoms with Gasteiger partial charge in [0.05, 0.1) is 0 Å². The van der Waals surface area contributed by atoms with Gasteiger partial charge in [0.1, 0.15) is 0 Å². The molecule has 0 saturated heterocycles. The Balaban J connectivity index is 2.87. The van der Waals surface area contributed by atoms with Gasteiger partial charge in [0.25, 0.3) is 0 Å². The number of alkyl halides is 1. The van der Waals surface area contributed by atoms with E-state index in [1.165, 1.54) is 19.2 Å². The highest BCUT2D eigenvalue weighted by Gasteiger charge is 2.08. The molecule has 1 heterocycles. The molecule has 1 nitrogen and oxygen atoms in total. The van der Waals surface area contributed by atoms with Crippen LogP contribution in [0.3, 0.4) is 0 Å². The lowest BCUT2D eigenvalue weighted by molar-refractivity contribution is 1.47. The van der Waals surface area contributed by atoms with Crippen molar-refractivity contribution in [1.29, 1.82) is 0 Å².